The number of benzene rings is 1. The second kappa shape index (κ2) is 17.1. The van der Waals surface area contributed by atoms with Gasteiger partial charge in [0, 0.05) is 29.7 Å². The molecule has 0 spiro atoms. The number of nitrogens with zero attached hydrogens (tertiary/aromatic N) is 2. The van der Waals surface area contributed by atoms with Crippen molar-refractivity contribution in [2.24, 2.45) is 5.92 Å². The van der Waals surface area contributed by atoms with Crippen molar-refractivity contribution in [3.63, 3.8) is 0 Å². The number of anilines is 2. The van der Waals surface area contributed by atoms with Gasteiger partial charge in [-0.05, 0) is 72.1 Å². The van der Waals surface area contributed by atoms with Crippen LogP contribution in [0.5, 0.6) is 5.75 Å². The number of amidine groups is 1. The Labute approximate surface area is 228 Å². The zero-order chi connectivity index (χ0) is 27.8. The highest BCUT2D eigenvalue weighted by molar-refractivity contribution is 9.10. The number of methoxy groups -OCH3 is 1. The molecule has 8 nitrogen and oxygen atoms in total. The molecule has 0 saturated carbocycles. The predicted octanol–water partition coefficient (Wildman–Crippen LogP) is 6.53. The van der Waals surface area contributed by atoms with E-state index in [0.717, 1.165) is 23.4 Å². The highest BCUT2D eigenvalue weighted by atomic mass is 79.9. The lowest BCUT2D eigenvalue weighted by atomic mass is 10.1. The highest BCUT2D eigenvalue weighted by Crippen LogP contribution is 2.23. The average molecular weight is 573 g/mol. The molecular formula is C28H38BrN5O3. The Morgan fingerprint density at radius 1 is 1.19 bits per heavy atom. The number of likely N-dealkylation sites (tertiary alicyclic amines) is 1. The molecule has 37 heavy (non-hydrogen) atoms. The van der Waals surface area contributed by atoms with E-state index in [2.05, 4.69) is 43.0 Å². The van der Waals surface area contributed by atoms with Crippen molar-refractivity contribution in [3.05, 3.63) is 71.4 Å². The van der Waals surface area contributed by atoms with Gasteiger partial charge in [0.25, 0.3) is 5.91 Å². The molecule has 0 aliphatic carbocycles. The van der Waals surface area contributed by atoms with Crippen LogP contribution in [0, 0.1) is 11.3 Å². The Morgan fingerprint density at radius 2 is 1.86 bits per heavy atom. The normalized spacial score (nSPS) is 12.9. The van der Waals surface area contributed by atoms with Crippen molar-refractivity contribution < 1.29 is 14.3 Å². The van der Waals surface area contributed by atoms with Crippen LogP contribution in [0.1, 0.15) is 50.9 Å². The van der Waals surface area contributed by atoms with Crippen LogP contribution in [0.4, 0.5) is 11.5 Å². The van der Waals surface area contributed by atoms with E-state index in [-0.39, 0.29) is 17.4 Å². The van der Waals surface area contributed by atoms with Crippen LogP contribution in [0.25, 0.3) is 0 Å². The molecule has 3 N–H and O–H groups in total. The molecule has 0 radical (unpaired) electrons. The first-order valence-electron chi connectivity index (χ1n) is 12.3. The van der Waals surface area contributed by atoms with E-state index in [0.29, 0.717) is 17.3 Å². The summed E-state index contributed by atoms with van der Waals surface area (Å²) in [6, 6.07) is 8.27. The fourth-order valence-corrected chi connectivity index (χ4v) is 3.50. The topological polar surface area (TPSA) is 107 Å². The highest BCUT2D eigenvalue weighted by Gasteiger charge is 2.17. The number of carbonyl (C=O) groups is 2. The number of rotatable bonds is 7. The summed E-state index contributed by atoms with van der Waals surface area (Å²) in [7, 11) is 1.51. The van der Waals surface area contributed by atoms with Crippen LogP contribution in [0.15, 0.2) is 65.8 Å². The van der Waals surface area contributed by atoms with Crippen LogP contribution in [-0.2, 0) is 4.79 Å². The number of ether oxygens (including phenoxy) is 1. The Bertz CT molecular complexity index is 1060. The van der Waals surface area contributed by atoms with Crippen LogP contribution in [0.2, 0.25) is 0 Å². The number of carbonyl (C=O) groups excluding carboxylic acids is 2. The molecule has 1 aromatic heterocycles. The lowest BCUT2D eigenvalue weighted by Crippen LogP contribution is -2.30. The number of pyridine rings is 1. The smallest absolute Gasteiger partial charge is 0.259 e. The summed E-state index contributed by atoms with van der Waals surface area (Å²) in [6.45, 7) is 13.6. The van der Waals surface area contributed by atoms with Gasteiger partial charge in [0.05, 0.1) is 18.4 Å². The molecule has 0 bridgehead atoms. The van der Waals surface area contributed by atoms with Crippen molar-refractivity contribution in [1.82, 2.24) is 9.88 Å². The van der Waals surface area contributed by atoms with E-state index in [9.17, 15) is 9.59 Å². The Hall–Kier alpha value is -3.46. The largest absolute Gasteiger partial charge is 0.497 e. The van der Waals surface area contributed by atoms with E-state index in [1.165, 1.54) is 26.0 Å². The first kappa shape index (κ1) is 31.6. The van der Waals surface area contributed by atoms with E-state index < -0.39 is 5.91 Å². The van der Waals surface area contributed by atoms with Gasteiger partial charge in [0.15, 0.2) is 0 Å². The van der Waals surface area contributed by atoms with Crippen LogP contribution >= 0.6 is 15.9 Å². The molecule has 1 unspecified atom stereocenters. The maximum absolute atomic E-state index is 12.5. The lowest BCUT2D eigenvalue weighted by Gasteiger charge is -2.21. The molecule has 1 aliphatic rings. The van der Waals surface area contributed by atoms with Gasteiger partial charge in [-0.15, -0.1) is 6.58 Å². The Morgan fingerprint density at radius 3 is 2.41 bits per heavy atom. The molecule has 1 fully saturated rings. The molecule has 1 aromatic carbocycles. The summed E-state index contributed by atoms with van der Waals surface area (Å²) in [4.78, 5) is 30.5. The summed E-state index contributed by atoms with van der Waals surface area (Å²) in [5.41, 5.74) is 0.658. The minimum atomic E-state index is -0.403. The van der Waals surface area contributed by atoms with Crippen molar-refractivity contribution in [1.29, 1.82) is 5.41 Å². The first-order valence-corrected chi connectivity index (χ1v) is 13.1. The van der Waals surface area contributed by atoms with Gasteiger partial charge < -0.3 is 20.3 Å². The third-order valence-electron chi connectivity index (χ3n) is 5.25. The van der Waals surface area contributed by atoms with Gasteiger partial charge in [-0.1, -0.05) is 32.9 Å². The fraction of sp³-hybridized carbons (Fsp3) is 0.357. The summed E-state index contributed by atoms with van der Waals surface area (Å²) < 4.78 is 5.96. The molecule has 2 aromatic rings. The third-order valence-corrected chi connectivity index (χ3v) is 5.72. The molecule has 200 valence electrons. The van der Waals surface area contributed by atoms with E-state index >= 15 is 0 Å². The van der Waals surface area contributed by atoms with Crippen molar-refractivity contribution in [3.8, 4) is 5.75 Å². The van der Waals surface area contributed by atoms with Gasteiger partial charge in [0.1, 0.15) is 17.4 Å². The van der Waals surface area contributed by atoms with Crippen molar-refractivity contribution >= 4 is 45.1 Å². The molecular weight excluding hydrogens is 534 g/mol. The third kappa shape index (κ3) is 10.6. The number of hydrogen-bond donors (Lipinski definition) is 3. The second-order valence-corrected chi connectivity index (χ2v) is 8.74. The lowest BCUT2D eigenvalue weighted by molar-refractivity contribution is -0.111. The first-order chi connectivity index (χ1) is 17.8. The van der Waals surface area contributed by atoms with Gasteiger partial charge in [-0.3, -0.25) is 15.0 Å². The van der Waals surface area contributed by atoms with Gasteiger partial charge in [-0.25, -0.2) is 4.98 Å². The number of aromatic nitrogens is 1. The summed E-state index contributed by atoms with van der Waals surface area (Å²) in [5, 5.41) is 13.1. The minimum absolute atomic E-state index is 0.216. The van der Waals surface area contributed by atoms with E-state index in [1.54, 1.807) is 49.5 Å². The van der Waals surface area contributed by atoms with Crippen LogP contribution in [0.3, 0.4) is 0 Å². The zero-order valence-electron chi connectivity index (χ0n) is 22.3. The van der Waals surface area contributed by atoms with E-state index in [4.69, 9.17) is 10.1 Å². The van der Waals surface area contributed by atoms with Crippen LogP contribution < -0.4 is 15.4 Å². The summed E-state index contributed by atoms with van der Waals surface area (Å²) >= 11 is 3.28. The standard InChI is InChI=1S/C17H16BrN3O3.C9H16N2.C2H6/c1-3-4-16(22)20-14-7-6-12(24-2)9-13(14)17(23)21-15-8-5-11(18)10-19-15;1-3-8(2)9(10)11-6-4-5-7-11;1-2/h3-10H,1-2H3,(H,20,22)(H,19,21,23);3,8,10H,1,4-7H2,2H3;1-2H3/b4-3+;;. The van der Waals surface area contributed by atoms with Gasteiger partial charge in [-0.2, -0.15) is 0 Å². The monoisotopic (exact) mass is 571 g/mol. The number of allylic oxidation sites excluding steroid dienone is 1. The minimum Gasteiger partial charge on any atom is -0.497 e. The molecule has 1 atom stereocenters. The molecule has 3 rings (SSSR count). The molecule has 1 saturated heterocycles. The zero-order valence-corrected chi connectivity index (χ0v) is 23.9. The van der Waals surface area contributed by atoms with Gasteiger partial charge in [0.2, 0.25) is 5.91 Å². The number of amides is 2. The quantitative estimate of drug-likeness (QED) is 0.151. The summed E-state index contributed by atoms with van der Waals surface area (Å²) in [5.74, 6) is 1.13. The molecule has 9 heteroatoms. The second-order valence-electron chi connectivity index (χ2n) is 7.82. The Kier molecular flexibility index (Phi) is 14.6. The number of halogens is 1. The average Bonchev–Trinajstić information content (AvgIpc) is 3.46. The molecule has 2 amide bonds. The predicted molar refractivity (Wildman–Crippen MR) is 156 cm³/mol. The fourth-order valence-electron chi connectivity index (χ4n) is 3.26. The maximum atomic E-state index is 12.5. The number of hydrogen-bond acceptors (Lipinski definition) is 5. The van der Waals surface area contributed by atoms with E-state index in [1.807, 2.05) is 26.8 Å². The number of nitrogens with one attached hydrogen (secondary N) is 3. The van der Waals surface area contributed by atoms with Crippen LogP contribution in [-0.4, -0.2) is 47.7 Å². The van der Waals surface area contributed by atoms with Gasteiger partial charge >= 0.3 is 0 Å². The molecule has 2 heterocycles. The van der Waals surface area contributed by atoms with Crippen molar-refractivity contribution in [2.45, 2.75) is 40.5 Å². The Balaban J connectivity index is 0.000000439. The maximum Gasteiger partial charge on any atom is 0.259 e. The SMILES string of the molecule is C/C=C/C(=O)Nc1ccc(OC)cc1C(=O)Nc1ccc(Br)cn1.C=CC(C)C(=N)N1CCCC1.CC. The summed E-state index contributed by atoms with van der Waals surface area (Å²) in [6.07, 6.45) is 8.89. The molecule has 1 aliphatic heterocycles. The van der Waals surface area contributed by atoms with Crippen molar-refractivity contribution in [2.75, 3.05) is 30.8 Å².